The van der Waals surface area contributed by atoms with E-state index in [9.17, 15) is 14.4 Å². The van der Waals surface area contributed by atoms with Crippen LogP contribution in [-0.2, 0) is 20.7 Å². The number of ether oxygens (including phenoxy) is 2. The van der Waals surface area contributed by atoms with Crippen LogP contribution >= 0.6 is 0 Å². The maximum Gasteiger partial charge on any atom is 0.355 e. The summed E-state index contributed by atoms with van der Waals surface area (Å²) in [6.45, 7) is 6.34. The summed E-state index contributed by atoms with van der Waals surface area (Å²) in [4.78, 5) is 41.7. The molecule has 0 saturated carbocycles. The number of esters is 2. The highest BCUT2D eigenvalue weighted by molar-refractivity contribution is 5.99. The van der Waals surface area contributed by atoms with Crippen molar-refractivity contribution in [1.29, 1.82) is 0 Å². The maximum absolute atomic E-state index is 12.6. The maximum atomic E-state index is 12.6. The minimum absolute atomic E-state index is 0.192. The summed E-state index contributed by atoms with van der Waals surface area (Å²) >= 11 is 0. The lowest BCUT2D eigenvalue weighted by Crippen LogP contribution is -2.41. The number of nitrogens with zero attached hydrogens (tertiary/aromatic N) is 1. The van der Waals surface area contributed by atoms with Crippen LogP contribution in [-0.4, -0.2) is 54.0 Å². The Morgan fingerprint density at radius 3 is 2.35 bits per heavy atom. The number of carbonyl (C=O) groups is 3. The normalized spacial score (nSPS) is 14.4. The van der Waals surface area contributed by atoms with Gasteiger partial charge in [-0.15, -0.1) is 0 Å². The van der Waals surface area contributed by atoms with E-state index in [1.807, 2.05) is 18.2 Å². The Kier molecular flexibility index (Phi) is 7.50. The van der Waals surface area contributed by atoms with E-state index in [0.717, 1.165) is 19.3 Å². The summed E-state index contributed by atoms with van der Waals surface area (Å²) in [7, 11) is 0. The molecule has 0 spiro atoms. The Morgan fingerprint density at radius 1 is 1.03 bits per heavy atom. The van der Waals surface area contributed by atoms with Crippen molar-refractivity contribution in [3.8, 4) is 0 Å². The number of amides is 1. The number of aryl methyl sites for hydroxylation is 1. The topological polar surface area (TPSA) is 88.7 Å². The molecule has 2 heterocycles. The van der Waals surface area contributed by atoms with Crippen molar-refractivity contribution in [2.45, 2.75) is 40.0 Å². The lowest BCUT2D eigenvalue weighted by Gasteiger charge is -2.32. The van der Waals surface area contributed by atoms with Crippen LogP contribution < -0.4 is 0 Å². The van der Waals surface area contributed by atoms with Crippen molar-refractivity contribution >= 4 is 17.8 Å². The first-order valence-corrected chi connectivity index (χ1v) is 10.8. The zero-order valence-electron chi connectivity index (χ0n) is 18.4. The number of nitrogens with one attached hydrogen (secondary N) is 1. The number of carbonyl (C=O) groups excluding carboxylic acids is 3. The first-order valence-electron chi connectivity index (χ1n) is 10.8. The molecular weight excluding hydrogens is 396 g/mol. The van der Waals surface area contributed by atoms with E-state index in [-0.39, 0.29) is 30.4 Å². The fourth-order valence-corrected chi connectivity index (χ4v) is 4.09. The largest absolute Gasteiger partial charge is 0.461 e. The van der Waals surface area contributed by atoms with E-state index >= 15 is 0 Å². The molecule has 1 saturated heterocycles. The van der Waals surface area contributed by atoms with Gasteiger partial charge < -0.3 is 19.4 Å². The van der Waals surface area contributed by atoms with E-state index in [2.05, 4.69) is 17.1 Å². The summed E-state index contributed by atoms with van der Waals surface area (Å²) in [5.74, 6) is -0.769. The summed E-state index contributed by atoms with van der Waals surface area (Å²) in [5, 5.41) is 0. The van der Waals surface area contributed by atoms with Crippen LogP contribution in [0.3, 0.4) is 0 Å². The van der Waals surface area contributed by atoms with Crippen LogP contribution in [0.4, 0.5) is 0 Å². The minimum Gasteiger partial charge on any atom is -0.461 e. The Labute approximate surface area is 182 Å². The van der Waals surface area contributed by atoms with Crippen LogP contribution in [0.1, 0.15) is 57.4 Å². The molecule has 1 aromatic heterocycles. The van der Waals surface area contributed by atoms with Gasteiger partial charge in [-0.2, -0.15) is 0 Å². The first kappa shape index (κ1) is 22.6. The summed E-state index contributed by atoms with van der Waals surface area (Å²) in [6, 6.07) is 10.4. The molecule has 7 heteroatoms. The van der Waals surface area contributed by atoms with E-state index in [1.54, 1.807) is 25.7 Å². The van der Waals surface area contributed by atoms with E-state index in [1.165, 1.54) is 5.56 Å². The zero-order valence-corrected chi connectivity index (χ0v) is 18.4. The van der Waals surface area contributed by atoms with Crippen LogP contribution in [0.5, 0.6) is 0 Å². The first-order chi connectivity index (χ1) is 14.9. The smallest absolute Gasteiger partial charge is 0.355 e. The molecule has 3 rings (SSSR count). The predicted molar refractivity (Wildman–Crippen MR) is 116 cm³/mol. The molecule has 1 fully saturated rings. The molecule has 0 radical (unpaired) electrons. The van der Waals surface area contributed by atoms with Gasteiger partial charge in [0.2, 0.25) is 0 Å². The zero-order chi connectivity index (χ0) is 22.4. The number of rotatable bonds is 7. The molecule has 1 N–H and O–H groups in total. The SMILES string of the molecule is CCOC(=O)c1[nH]c(C)c(C(=O)OCC(=O)N2CCC(Cc3ccccc3)CC2)c1C. The highest BCUT2D eigenvalue weighted by Crippen LogP contribution is 2.22. The molecule has 166 valence electrons. The second kappa shape index (κ2) is 10.3. The van der Waals surface area contributed by atoms with Crippen molar-refractivity contribution in [1.82, 2.24) is 9.88 Å². The van der Waals surface area contributed by atoms with Crippen LogP contribution in [0.15, 0.2) is 30.3 Å². The van der Waals surface area contributed by atoms with E-state index in [0.29, 0.717) is 30.3 Å². The quantitative estimate of drug-likeness (QED) is 0.685. The highest BCUT2D eigenvalue weighted by Gasteiger charge is 2.26. The van der Waals surface area contributed by atoms with Gasteiger partial charge in [0, 0.05) is 18.8 Å². The second-order valence-corrected chi connectivity index (χ2v) is 7.94. The van der Waals surface area contributed by atoms with Gasteiger partial charge in [0.1, 0.15) is 5.69 Å². The molecule has 31 heavy (non-hydrogen) atoms. The van der Waals surface area contributed by atoms with Crippen molar-refractivity contribution in [2.24, 2.45) is 5.92 Å². The van der Waals surface area contributed by atoms with Gasteiger partial charge in [0.05, 0.1) is 12.2 Å². The summed E-state index contributed by atoms with van der Waals surface area (Å²) < 4.78 is 10.3. The Hall–Kier alpha value is -3.09. The van der Waals surface area contributed by atoms with Gasteiger partial charge in [-0.1, -0.05) is 30.3 Å². The Morgan fingerprint density at radius 2 is 1.71 bits per heavy atom. The number of aromatic nitrogens is 1. The molecule has 1 aromatic carbocycles. The lowest BCUT2D eigenvalue weighted by molar-refractivity contribution is -0.135. The molecule has 0 aliphatic carbocycles. The number of hydrogen-bond donors (Lipinski definition) is 1. The third-order valence-corrected chi connectivity index (χ3v) is 5.78. The fraction of sp³-hybridized carbons (Fsp3) is 0.458. The Bertz CT molecular complexity index is 927. The summed E-state index contributed by atoms with van der Waals surface area (Å²) in [6.07, 6.45) is 2.90. The lowest BCUT2D eigenvalue weighted by atomic mass is 9.90. The number of aromatic amines is 1. The molecule has 1 aliphatic rings. The molecular formula is C24H30N2O5. The van der Waals surface area contributed by atoms with Crippen LogP contribution in [0.2, 0.25) is 0 Å². The van der Waals surface area contributed by atoms with Gasteiger partial charge in [-0.3, -0.25) is 4.79 Å². The van der Waals surface area contributed by atoms with Gasteiger partial charge in [-0.25, -0.2) is 9.59 Å². The molecule has 0 unspecified atom stereocenters. The molecule has 0 atom stereocenters. The van der Waals surface area contributed by atoms with Gasteiger partial charge in [0.15, 0.2) is 6.61 Å². The number of piperidine rings is 1. The third kappa shape index (κ3) is 5.54. The fourth-order valence-electron chi connectivity index (χ4n) is 4.09. The van der Waals surface area contributed by atoms with Crippen LogP contribution in [0.25, 0.3) is 0 Å². The summed E-state index contributed by atoms with van der Waals surface area (Å²) in [5.41, 5.74) is 2.81. The van der Waals surface area contributed by atoms with Crippen molar-refractivity contribution in [2.75, 3.05) is 26.3 Å². The van der Waals surface area contributed by atoms with Gasteiger partial charge >= 0.3 is 11.9 Å². The number of likely N-dealkylation sites (tertiary alicyclic amines) is 1. The Balaban J connectivity index is 1.50. The third-order valence-electron chi connectivity index (χ3n) is 5.78. The monoisotopic (exact) mass is 426 g/mol. The van der Waals surface area contributed by atoms with E-state index < -0.39 is 11.9 Å². The van der Waals surface area contributed by atoms with Crippen molar-refractivity contribution in [3.63, 3.8) is 0 Å². The van der Waals surface area contributed by atoms with E-state index in [4.69, 9.17) is 9.47 Å². The molecule has 1 amide bonds. The second-order valence-electron chi connectivity index (χ2n) is 7.94. The molecule has 7 nitrogen and oxygen atoms in total. The minimum atomic E-state index is -0.617. The molecule has 1 aliphatic heterocycles. The van der Waals surface area contributed by atoms with Crippen LogP contribution in [0, 0.1) is 19.8 Å². The van der Waals surface area contributed by atoms with Crippen molar-refractivity contribution < 1.29 is 23.9 Å². The molecule has 0 bridgehead atoms. The predicted octanol–water partition coefficient (Wildman–Crippen LogP) is 3.45. The number of H-pyrrole nitrogens is 1. The molecule has 2 aromatic rings. The average Bonchev–Trinajstić information content (AvgIpc) is 3.07. The number of hydrogen-bond acceptors (Lipinski definition) is 5. The highest BCUT2D eigenvalue weighted by atomic mass is 16.5. The average molecular weight is 427 g/mol. The van der Waals surface area contributed by atoms with Crippen molar-refractivity contribution in [3.05, 3.63) is 58.4 Å². The standard InChI is InChI=1S/C24H30N2O5/c1-4-30-24(29)22-16(2)21(17(3)25-22)23(28)31-15-20(27)26-12-10-19(11-13-26)14-18-8-6-5-7-9-18/h5-9,19,25H,4,10-15H2,1-3H3. The number of benzene rings is 1. The van der Waals surface area contributed by atoms with Gasteiger partial charge in [0.25, 0.3) is 5.91 Å². The van der Waals surface area contributed by atoms with Gasteiger partial charge in [-0.05, 0) is 57.1 Å².